The predicted molar refractivity (Wildman–Crippen MR) is 34.3 cm³/mol. The van der Waals surface area contributed by atoms with Crippen molar-refractivity contribution in [2.24, 2.45) is 0 Å². The van der Waals surface area contributed by atoms with Gasteiger partial charge in [0.25, 0.3) is 0 Å². The van der Waals surface area contributed by atoms with Gasteiger partial charge in [-0.3, -0.25) is 4.79 Å². The Morgan fingerprint density at radius 1 is 1.75 bits per heavy atom. The first-order valence-corrected chi connectivity index (χ1v) is 2.57. The van der Waals surface area contributed by atoms with Crippen LogP contribution in [0.15, 0.2) is 0 Å². The second kappa shape index (κ2) is 3.05. The highest BCUT2D eigenvalue weighted by Gasteiger charge is 2.17. The van der Waals surface area contributed by atoms with E-state index < -0.39 is 0 Å². The lowest BCUT2D eigenvalue weighted by atomic mass is 10.2. The average Bonchev–Trinajstić information content (AvgIpc) is 1.91. The lowest BCUT2D eigenvalue weighted by molar-refractivity contribution is -0.118. The molecule has 48 valence electrons. The van der Waals surface area contributed by atoms with Crippen molar-refractivity contribution in [1.29, 1.82) is 0 Å². The molecule has 1 fully saturated rings. The topological polar surface area (TPSA) is 29.1 Å². The molecule has 0 aromatic rings. The Kier molecular flexibility index (Phi) is 3.02. The number of ketones is 1. The van der Waals surface area contributed by atoms with E-state index in [1.54, 1.807) is 0 Å². The maximum absolute atomic E-state index is 10.5. The van der Waals surface area contributed by atoms with Gasteiger partial charge < -0.3 is 5.32 Å². The first-order chi connectivity index (χ1) is 3.30. The second-order valence-corrected chi connectivity index (χ2v) is 1.89. The molecular weight excluding hydrogens is 126 g/mol. The second-order valence-electron chi connectivity index (χ2n) is 1.89. The van der Waals surface area contributed by atoms with Crippen LogP contribution in [-0.4, -0.2) is 18.4 Å². The van der Waals surface area contributed by atoms with Gasteiger partial charge in [0.1, 0.15) is 0 Å². The van der Waals surface area contributed by atoms with E-state index in [4.69, 9.17) is 0 Å². The Bertz CT molecular complexity index is 94.4. The lowest BCUT2D eigenvalue weighted by Gasteiger charge is -1.94. The van der Waals surface area contributed by atoms with Gasteiger partial charge in [-0.2, -0.15) is 0 Å². The third-order valence-corrected chi connectivity index (χ3v) is 1.30. The van der Waals surface area contributed by atoms with Gasteiger partial charge in [0.05, 0.1) is 6.04 Å². The molecule has 2 nitrogen and oxygen atoms in total. The highest BCUT2D eigenvalue weighted by atomic mass is 35.5. The van der Waals surface area contributed by atoms with Crippen molar-refractivity contribution < 1.29 is 4.79 Å². The third-order valence-electron chi connectivity index (χ3n) is 1.30. The molecule has 8 heavy (non-hydrogen) atoms. The van der Waals surface area contributed by atoms with Crippen molar-refractivity contribution in [3.8, 4) is 0 Å². The number of hydrogen-bond donors (Lipinski definition) is 1. The Morgan fingerprint density at radius 3 is 2.50 bits per heavy atom. The molecule has 0 bridgehead atoms. The molecule has 1 unspecified atom stereocenters. The maximum Gasteiger partial charge on any atom is 0.150 e. The van der Waals surface area contributed by atoms with Crippen LogP contribution in [0.2, 0.25) is 0 Å². The van der Waals surface area contributed by atoms with Gasteiger partial charge in [0.15, 0.2) is 5.78 Å². The predicted octanol–water partition coefficient (Wildman–Crippen LogP) is 0.359. The SMILES string of the molecule is CC1NCCC1=O.Cl. The third kappa shape index (κ3) is 1.46. The minimum Gasteiger partial charge on any atom is -0.307 e. The van der Waals surface area contributed by atoms with E-state index in [1.807, 2.05) is 6.92 Å². The molecule has 0 saturated carbocycles. The molecular formula is C5H10ClNO. The van der Waals surface area contributed by atoms with E-state index in [-0.39, 0.29) is 18.4 Å². The summed E-state index contributed by atoms with van der Waals surface area (Å²) in [6.45, 7) is 2.77. The minimum absolute atomic E-state index is 0. The Labute approximate surface area is 55.1 Å². The van der Waals surface area contributed by atoms with Crippen LogP contribution in [0.4, 0.5) is 0 Å². The molecule has 1 heterocycles. The summed E-state index contributed by atoms with van der Waals surface area (Å²) in [5.41, 5.74) is 0. The number of carbonyl (C=O) groups is 1. The molecule has 0 spiro atoms. The van der Waals surface area contributed by atoms with Crippen molar-refractivity contribution >= 4 is 18.2 Å². The maximum atomic E-state index is 10.5. The summed E-state index contributed by atoms with van der Waals surface area (Å²) in [6, 6.07) is 0.125. The van der Waals surface area contributed by atoms with Crippen LogP contribution in [0.3, 0.4) is 0 Å². The zero-order valence-electron chi connectivity index (χ0n) is 4.81. The summed E-state index contributed by atoms with van der Waals surface area (Å²) in [5, 5.41) is 3.02. The quantitative estimate of drug-likeness (QED) is 0.520. The molecule has 1 atom stereocenters. The van der Waals surface area contributed by atoms with Crippen LogP contribution in [0.5, 0.6) is 0 Å². The molecule has 0 aromatic carbocycles. The van der Waals surface area contributed by atoms with Crippen LogP contribution >= 0.6 is 12.4 Å². The summed E-state index contributed by atoms with van der Waals surface area (Å²) < 4.78 is 0. The highest BCUT2D eigenvalue weighted by Crippen LogP contribution is 1.96. The van der Waals surface area contributed by atoms with Crippen molar-refractivity contribution in [3.63, 3.8) is 0 Å². The largest absolute Gasteiger partial charge is 0.307 e. The summed E-state index contributed by atoms with van der Waals surface area (Å²) in [7, 11) is 0. The summed E-state index contributed by atoms with van der Waals surface area (Å²) in [5.74, 6) is 0.347. The van der Waals surface area contributed by atoms with Crippen LogP contribution < -0.4 is 5.32 Å². The number of hydrogen-bond acceptors (Lipinski definition) is 2. The number of carbonyl (C=O) groups excluding carboxylic acids is 1. The van der Waals surface area contributed by atoms with Crippen LogP contribution in [0, 0.1) is 0 Å². The van der Waals surface area contributed by atoms with Crippen molar-refractivity contribution in [1.82, 2.24) is 5.32 Å². The summed E-state index contributed by atoms with van der Waals surface area (Å²) in [6.07, 6.45) is 0.723. The van der Waals surface area contributed by atoms with Crippen LogP contribution in [0.25, 0.3) is 0 Å². The van der Waals surface area contributed by atoms with Crippen LogP contribution in [0.1, 0.15) is 13.3 Å². The van der Waals surface area contributed by atoms with Crippen LogP contribution in [-0.2, 0) is 4.79 Å². The number of nitrogens with one attached hydrogen (secondary N) is 1. The molecule has 3 heteroatoms. The molecule has 1 saturated heterocycles. The molecule has 1 N–H and O–H groups in total. The van der Waals surface area contributed by atoms with Gasteiger partial charge in [0, 0.05) is 13.0 Å². The van der Waals surface area contributed by atoms with Gasteiger partial charge in [-0.1, -0.05) is 0 Å². The molecule has 0 aromatic heterocycles. The van der Waals surface area contributed by atoms with E-state index in [2.05, 4.69) is 5.32 Å². The van der Waals surface area contributed by atoms with E-state index in [9.17, 15) is 4.79 Å². The highest BCUT2D eigenvalue weighted by molar-refractivity contribution is 5.85. The fourth-order valence-corrected chi connectivity index (χ4v) is 0.742. The van der Waals surface area contributed by atoms with E-state index in [0.717, 1.165) is 13.0 Å². The van der Waals surface area contributed by atoms with E-state index in [0.29, 0.717) is 5.78 Å². The lowest BCUT2D eigenvalue weighted by Crippen LogP contribution is -2.22. The smallest absolute Gasteiger partial charge is 0.150 e. The van der Waals surface area contributed by atoms with Gasteiger partial charge in [-0.05, 0) is 6.92 Å². The molecule has 0 aliphatic carbocycles. The standard InChI is InChI=1S/C5H9NO.ClH/c1-4-5(7)2-3-6-4;/h4,6H,2-3H2,1H3;1H. The minimum atomic E-state index is 0. The fraction of sp³-hybridized carbons (Fsp3) is 0.800. The number of halogens is 1. The van der Waals surface area contributed by atoms with Gasteiger partial charge in [-0.25, -0.2) is 0 Å². The van der Waals surface area contributed by atoms with Crippen molar-refractivity contribution in [2.45, 2.75) is 19.4 Å². The summed E-state index contributed by atoms with van der Waals surface area (Å²) >= 11 is 0. The zero-order valence-corrected chi connectivity index (χ0v) is 5.62. The zero-order chi connectivity index (χ0) is 5.28. The van der Waals surface area contributed by atoms with Gasteiger partial charge in [-0.15, -0.1) is 12.4 Å². The number of Topliss-reactive ketones (excluding diaryl/α,β-unsaturated/α-hetero) is 1. The summed E-state index contributed by atoms with van der Waals surface area (Å²) in [4.78, 5) is 10.5. The average molecular weight is 136 g/mol. The van der Waals surface area contributed by atoms with E-state index in [1.165, 1.54) is 0 Å². The molecule has 0 amide bonds. The van der Waals surface area contributed by atoms with Gasteiger partial charge >= 0.3 is 0 Å². The Morgan fingerprint density at radius 2 is 2.38 bits per heavy atom. The number of rotatable bonds is 0. The Balaban J connectivity index is 0.000000490. The van der Waals surface area contributed by atoms with Crippen molar-refractivity contribution in [2.75, 3.05) is 6.54 Å². The van der Waals surface area contributed by atoms with E-state index >= 15 is 0 Å². The molecule has 1 rings (SSSR count). The first kappa shape index (κ1) is 7.92. The first-order valence-electron chi connectivity index (χ1n) is 2.57. The Hall–Kier alpha value is -0.0800. The molecule has 1 aliphatic heterocycles. The molecule has 0 radical (unpaired) electrons. The van der Waals surface area contributed by atoms with Crippen molar-refractivity contribution in [3.05, 3.63) is 0 Å². The fourth-order valence-electron chi connectivity index (χ4n) is 0.742. The molecule has 1 aliphatic rings. The monoisotopic (exact) mass is 135 g/mol. The van der Waals surface area contributed by atoms with Gasteiger partial charge in [0.2, 0.25) is 0 Å². The normalized spacial score (nSPS) is 27.6.